The van der Waals surface area contributed by atoms with E-state index < -0.39 is 0 Å². The van der Waals surface area contributed by atoms with Gasteiger partial charge in [0.1, 0.15) is 11.6 Å². The highest BCUT2D eigenvalue weighted by Gasteiger charge is 2.03. The third-order valence-corrected chi connectivity index (χ3v) is 2.18. The first-order valence-electron chi connectivity index (χ1n) is 4.76. The molecule has 2 aromatic rings. The fraction of sp³-hybridized carbons (Fsp3) is 0.0909. The number of anilines is 3. The molecule has 82 valence electrons. The standard InChI is InChI=1S/C11H11FN4/c1-7-11(13)9(4-5-14-7)16-10-3-2-8(12)6-15-10/h2-6H,13H2,1H3,(H,14,15,16). The van der Waals surface area contributed by atoms with Crippen LogP contribution in [0.3, 0.4) is 0 Å². The fourth-order valence-electron chi connectivity index (χ4n) is 1.27. The van der Waals surface area contributed by atoms with E-state index in [0.29, 0.717) is 17.2 Å². The van der Waals surface area contributed by atoms with Crippen molar-refractivity contribution >= 4 is 17.2 Å². The molecular formula is C11H11FN4. The highest BCUT2D eigenvalue weighted by molar-refractivity contribution is 5.72. The Hall–Kier alpha value is -2.17. The minimum atomic E-state index is -0.371. The van der Waals surface area contributed by atoms with Gasteiger partial charge in [-0.15, -0.1) is 0 Å². The van der Waals surface area contributed by atoms with Gasteiger partial charge in [-0.2, -0.15) is 0 Å². The lowest BCUT2D eigenvalue weighted by atomic mass is 10.2. The molecule has 0 aliphatic rings. The molecule has 0 spiro atoms. The van der Waals surface area contributed by atoms with Crippen molar-refractivity contribution in [2.24, 2.45) is 0 Å². The summed E-state index contributed by atoms with van der Waals surface area (Å²) in [5.74, 6) is 0.170. The lowest BCUT2D eigenvalue weighted by Gasteiger charge is -2.09. The molecule has 0 aliphatic carbocycles. The predicted octanol–water partition coefficient (Wildman–Crippen LogP) is 2.25. The first-order valence-corrected chi connectivity index (χ1v) is 4.76. The molecule has 0 amide bonds. The number of nitrogens with zero attached hydrogens (tertiary/aromatic N) is 2. The van der Waals surface area contributed by atoms with Gasteiger partial charge in [0.2, 0.25) is 0 Å². The molecule has 0 fully saturated rings. The van der Waals surface area contributed by atoms with Crippen molar-refractivity contribution in [3.63, 3.8) is 0 Å². The van der Waals surface area contributed by atoms with Crippen LogP contribution in [0, 0.1) is 12.7 Å². The van der Waals surface area contributed by atoms with Gasteiger partial charge in [-0.25, -0.2) is 9.37 Å². The Morgan fingerprint density at radius 3 is 2.75 bits per heavy atom. The van der Waals surface area contributed by atoms with E-state index in [1.807, 2.05) is 6.92 Å². The zero-order valence-electron chi connectivity index (χ0n) is 8.74. The van der Waals surface area contributed by atoms with E-state index in [1.54, 1.807) is 18.3 Å². The molecular weight excluding hydrogens is 207 g/mol. The van der Waals surface area contributed by atoms with Crippen LogP contribution < -0.4 is 11.1 Å². The first kappa shape index (κ1) is 10.4. The smallest absolute Gasteiger partial charge is 0.141 e. The minimum Gasteiger partial charge on any atom is -0.396 e. The highest BCUT2D eigenvalue weighted by Crippen LogP contribution is 2.23. The average Bonchev–Trinajstić information content (AvgIpc) is 2.28. The number of pyridine rings is 2. The normalized spacial score (nSPS) is 10.1. The Bertz CT molecular complexity index is 496. The van der Waals surface area contributed by atoms with E-state index in [9.17, 15) is 4.39 Å². The van der Waals surface area contributed by atoms with Crippen LogP contribution in [0.1, 0.15) is 5.69 Å². The summed E-state index contributed by atoms with van der Waals surface area (Å²) < 4.78 is 12.6. The maximum Gasteiger partial charge on any atom is 0.141 e. The molecule has 16 heavy (non-hydrogen) atoms. The van der Waals surface area contributed by atoms with Gasteiger partial charge >= 0.3 is 0 Å². The summed E-state index contributed by atoms with van der Waals surface area (Å²) in [5.41, 5.74) is 7.85. The van der Waals surface area contributed by atoms with Crippen molar-refractivity contribution in [3.05, 3.63) is 42.1 Å². The number of hydrogen-bond donors (Lipinski definition) is 2. The van der Waals surface area contributed by atoms with E-state index in [2.05, 4.69) is 15.3 Å². The molecule has 0 radical (unpaired) electrons. The molecule has 2 rings (SSSR count). The van der Waals surface area contributed by atoms with Crippen molar-refractivity contribution in [1.82, 2.24) is 9.97 Å². The van der Waals surface area contributed by atoms with Crippen LogP contribution in [0.2, 0.25) is 0 Å². The zero-order chi connectivity index (χ0) is 11.5. The number of rotatable bonds is 2. The number of hydrogen-bond acceptors (Lipinski definition) is 4. The summed E-state index contributed by atoms with van der Waals surface area (Å²) in [6.07, 6.45) is 2.80. The molecule has 3 N–H and O–H groups in total. The average molecular weight is 218 g/mol. The molecule has 4 nitrogen and oxygen atoms in total. The van der Waals surface area contributed by atoms with E-state index in [1.165, 1.54) is 6.07 Å². The van der Waals surface area contributed by atoms with Crippen molar-refractivity contribution < 1.29 is 4.39 Å². The quantitative estimate of drug-likeness (QED) is 0.811. The summed E-state index contributed by atoms with van der Waals surface area (Å²) in [6.45, 7) is 1.82. The van der Waals surface area contributed by atoms with Crippen LogP contribution in [-0.2, 0) is 0 Å². The maximum atomic E-state index is 12.6. The van der Waals surface area contributed by atoms with Gasteiger partial charge in [0.25, 0.3) is 0 Å². The molecule has 5 heteroatoms. The zero-order valence-corrected chi connectivity index (χ0v) is 8.74. The predicted molar refractivity (Wildman–Crippen MR) is 60.9 cm³/mol. The first-order chi connectivity index (χ1) is 7.66. The van der Waals surface area contributed by atoms with E-state index >= 15 is 0 Å². The van der Waals surface area contributed by atoms with E-state index in [-0.39, 0.29) is 5.82 Å². The largest absolute Gasteiger partial charge is 0.396 e. The summed E-state index contributed by atoms with van der Waals surface area (Å²) in [6, 6.07) is 4.62. The van der Waals surface area contributed by atoms with Crippen molar-refractivity contribution in [2.45, 2.75) is 6.92 Å². The molecule has 0 saturated heterocycles. The van der Waals surface area contributed by atoms with Crippen LogP contribution in [-0.4, -0.2) is 9.97 Å². The Balaban J connectivity index is 2.27. The Kier molecular flexibility index (Phi) is 2.68. The van der Waals surface area contributed by atoms with Crippen LogP contribution >= 0.6 is 0 Å². The van der Waals surface area contributed by atoms with Crippen molar-refractivity contribution in [1.29, 1.82) is 0 Å². The molecule has 0 bridgehead atoms. The van der Waals surface area contributed by atoms with Gasteiger partial charge in [0, 0.05) is 6.20 Å². The molecule has 0 aromatic carbocycles. The van der Waals surface area contributed by atoms with Crippen LogP contribution in [0.25, 0.3) is 0 Å². The Morgan fingerprint density at radius 1 is 1.25 bits per heavy atom. The summed E-state index contributed by atoms with van der Waals surface area (Å²) in [4.78, 5) is 7.93. The molecule has 0 aliphatic heterocycles. The van der Waals surface area contributed by atoms with Gasteiger partial charge < -0.3 is 11.1 Å². The summed E-state index contributed by atoms with van der Waals surface area (Å²) in [5, 5.41) is 3.00. The number of halogens is 1. The number of aromatic nitrogens is 2. The minimum absolute atomic E-state index is 0.371. The van der Waals surface area contributed by atoms with Gasteiger partial charge in [-0.1, -0.05) is 0 Å². The van der Waals surface area contributed by atoms with Gasteiger partial charge in [0.05, 0.1) is 23.3 Å². The molecule has 2 aromatic heterocycles. The highest BCUT2D eigenvalue weighted by atomic mass is 19.1. The summed E-state index contributed by atoms with van der Waals surface area (Å²) >= 11 is 0. The van der Waals surface area contributed by atoms with Gasteiger partial charge in [-0.3, -0.25) is 4.98 Å². The topological polar surface area (TPSA) is 63.8 Å². The summed E-state index contributed by atoms with van der Waals surface area (Å²) in [7, 11) is 0. The molecule has 0 saturated carbocycles. The second-order valence-electron chi connectivity index (χ2n) is 3.34. The maximum absolute atomic E-state index is 12.6. The SMILES string of the molecule is Cc1nccc(Nc2ccc(F)cn2)c1N. The molecule has 0 atom stereocenters. The lowest BCUT2D eigenvalue weighted by molar-refractivity contribution is 0.622. The van der Waals surface area contributed by atoms with Gasteiger partial charge in [-0.05, 0) is 25.1 Å². The van der Waals surface area contributed by atoms with Crippen LogP contribution in [0.5, 0.6) is 0 Å². The second kappa shape index (κ2) is 4.14. The molecule has 0 unspecified atom stereocenters. The van der Waals surface area contributed by atoms with Gasteiger partial charge in [0.15, 0.2) is 0 Å². The number of nitrogens with two attached hydrogens (primary N) is 1. The number of aryl methyl sites for hydroxylation is 1. The van der Waals surface area contributed by atoms with E-state index in [0.717, 1.165) is 11.9 Å². The van der Waals surface area contributed by atoms with Crippen molar-refractivity contribution in [3.8, 4) is 0 Å². The second-order valence-corrected chi connectivity index (χ2v) is 3.34. The molecule has 2 heterocycles. The van der Waals surface area contributed by atoms with E-state index in [4.69, 9.17) is 5.73 Å². The number of nitrogen functional groups attached to an aromatic ring is 1. The Labute approximate surface area is 92.3 Å². The number of nitrogens with one attached hydrogen (secondary N) is 1. The third kappa shape index (κ3) is 2.08. The third-order valence-electron chi connectivity index (χ3n) is 2.18. The monoisotopic (exact) mass is 218 g/mol. The van der Waals surface area contributed by atoms with Crippen molar-refractivity contribution in [2.75, 3.05) is 11.1 Å². The van der Waals surface area contributed by atoms with Crippen LogP contribution in [0.4, 0.5) is 21.6 Å². The van der Waals surface area contributed by atoms with Crippen LogP contribution in [0.15, 0.2) is 30.6 Å². The lowest BCUT2D eigenvalue weighted by Crippen LogP contribution is -2.01. The fourth-order valence-corrected chi connectivity index (χ4v) is 1.27. The Morgan fingerprint density at radius 2 is 2.06 bits per heavy atom.